The zero-order valence-corrected chi connectivity index (χ0v) is 16.9. The van der Waals surface area contributed by atoms with E-state index < -0.39 is 0 Å². The first-order valence-electron chi connectivity index (χ1n) is 9.64. The molecule has 1 atom stereocenters. The van der Waals surface area contributed by atoms with Crippen LogP contribution in [0, 0.1) is 6.92 Å². The highest BCUT2D eigenvalue weighted by Crippen LogP contribution is 2.27. The van der Waals surface area contributed by atoms with E-state index in [9.17, 15) is 0 Å². The Morgan fingerprint density at radius 3 is 2.72 bits per heavy atom. The van der Waals surface area contributed by atoms with Crippen LogP contribution in [0.4, 0.5) is 0 Å². The van der Waals surface area contributed by atoms with E-state index in [4.69, 9.17) is 10.8 Å². The number of nitrogens with zero attached hydrogens (tertiary/aromatic N) is 4. The van der Waals surface area contributed by atoms with Gasteiger partial charge in [0.25, 0.3) is 0 Å². The van der Waals surface area contributed by atoms with E-state index in [1.54, 1.807) is 16.8 Å². The number of benzene rings is 3. The van der Waals surface area contributed by atoms with Crippen LogP contribution >= 0.6 is 11.3 Å². The van der Waals surface area contributed by atoms with Gasteiger partial charge in [0.05, 0.1) is 17.8 Å². The molecular weight excluding hydrogens is 378 g/mol. The Kier molecular flexibility index (Phi) is 4.58. The molecule has 0 saturated heterocycles. The first-order valence-corrected chi connectivity index (χ1v) is 10.5. The van der Waals surface area contributed by atoms with Crippen LogP contribution in [0.2, 0.25) is 0 Å². The van der Waals surface area contributed by atoms with Gasteiger partial charge in [-0.05, 0) is 47.9 Å². The molecule has 0 saturated carbocycles. The largest absolute Gasteiger partial charge is 0.326 e. The molecule has 0 bridgehead atoms. The third kappa shape index (κ3) is 3.52. The quantitative estimate of drug-likeness (QED) is 0.469. The minimum absolute atomic E-state index is 0.0125. The van der Waals surface area contributed by atoms with Gasteiger partial charge < -0.3 is 5.73 Å². The van der Waals surface area contributed by atoms with Crippen molar-refractivity contribution in [2.24, 2.45) is 5.73 Å². The summed E-state index contributed by atoms with van der Waals surface area (Å²) in [5, 5.41) is 17.4. The number of aromatic nitrogens is 4. The summed E-state index contributed by atoms with van der Waals surface area (Å²) in [7, 11) is 0. The van der Waals surface area contributed by atoms with Gasteiger partial charge in [-0.1, -0.05) is 53.8 Å². The standard InChI is InChI=1S/C23H21N5S/c1-15-21-12-19(23-26-25-14-29-23)8-9-22(21)28(27-15)13-20(24)11-16-6-7-17-4-2-3-5-18(17)10-16/h2-10,12,14,20H,11,13,24H2,1H3/t20-/m0/s1. The lowest BCUT2D eigenvalue weighted by molar-refractivity contribution is 0.518. The van der Waals surface area contributed by atoms with Crippen LogP contribution < -0.4 is 5.73 Å². The predicted octanol–water partition coefficient (Wildman–Crippen LogP) is 4.59. The molecule has 6 heteroatoms. The van der Waals surface area contributed by atoms with Crippen molar-refractivity contribution in [1.82, 2.24) is 20.0 Å². The molecule has 3 aromatic carbocycles. The second-order valence-electron chi connectivity index (χ2n) is 7.39. The SMILES string of the molecule is Cc1nn(C[C@@H](N)Cc2ccc3ccccc3c2)c2ccc(-c3nncs3)cc12. The van der Waals surface area contributed by atoms with E-state index in [0.717, 1.165) is 33.6 Å². The van der Waals surface area contributed by atoms with Gasteiger partial charge >= 0.3 is 0 Å². The van der Waals surface area contributed by atoms with Crippen molar-refractivity contribution in [2.75, 3.05) is 0 Å². The lowest BCUT2D eigenvalue weighted by atomic mass is 10.0. The number of aryl methyl sites for hydroxylation is 1. The van der Waals surface area contributed by atoms with E-state index in [-0.39, 0.29) is 6.04 Å². The van der Waals surface area contributed by atoms with Crippen molar-refractivity contribution in [2.45, 2.75) is 25.9 Å². The molecule has 5 nitrogen and oxygen atoms in total. The summed E-state index contributed by atoms with van der Waals surface area (Å²) in [6.07, 6.45) is 0.814. The Morgan fingerprint density at radius 2 is 1.90 bits per heavy atom. The zero-order chi connectivity index (χ0) is 19.8. The van der Waals surface area contributed by atoms with Crippen molar-refractivity contribution in [1.29, 1.82) is 0 Å². The van der Waals surface area contributed by atoms with E-state index in [2.05, 4.69) is 70.9 Å². The summed E-state index contributed by atoms with van der Waals surface area (Å²) in [4.78, 5) is 0. The molecule has 0 aliphatic carbocycles. The molecule has 5 aromatic rings. The van der Waals surface area contributed by atoms with Gasteiger partial charge in [0.1, 0.15) is 10.5 Å². The Labute approximate surface area is 172 Å². The highest BCUT2D eigenvalue weighted by atomic mass is 32.1. The van der Waals surface area contributed by atoms with E-state index in [1.807, 2.05) is 11.6 Å². The second kappa shape index (κ2) is 7.39. The fourth-order valence-corrected chi connectivity index (χ4v) is 4.42. The van der Waals surface area contributed by atoms with Crippen molar-refractivity contribution in [3.63, 3.8) is 0 Å². The van der Waals surface area contributed by atoms with Gasteiger partial charge in [-0.2, -0.15) is 5.10 Å². The average molecular weight is 400 g/mol. The van der Waals surface area contributed by atoms with E-state index >= 15 is 0 Å². The molecule has 144 valence electrons. The molecule has 0 amide bonds. The first-order chi connectivity index (χ1) is 14.2. The molecule has 29 heavy (non-hydrogen) atoms. The monoisotopic (exact) mass is 399 g/mol. The van der Waals surface area contributed by atoms with Gasteiger partial charge in [0.2, 0.25) is 0 Å². The third-order valence-electron chi connectivity index (χ3n) is 5.26. The zero-order valence-electron chi connectivity index (χ0n) is 16.1. The fourth-order valence-electron chi connectivity index (χ4n) is 3.87. The smallest absolute Gasteiger partial charge is 0.147 e. The average Bonchev–Trinajstić information content (AvgIpc) is 3.37. The van der Waals surface area contributed by atoms with Crippen molar-refractivity contribution < 1.29 is 0 Å². The molecule has 0 unspecified atom stereocenters. The van der Waals surface area contributed by atoms with Gasteiger partial charge in [0.15, 0.2) is 0 Å². The molecule has 2 N–H and O–H groups in total. The molecule has 2 aromatic heterocycles. The van der Waals surface area contributed by atoms with Gasteiger partial charge in [-0.3, -0.25) is 4.68 Å². The molecule has 5 rings (SSSR count). The minimum atomic E-state index is -0.0125. The summed E-state index contributed by atoms with van der Waals surface area (Å²) in [6.45, 7) is 2.72. The molecule has 0 spiro atoms. The maximum absolute atomic E-state index is 6.51. The number of nitrogens with two attached hydrogens (primary N) is 1. The maximum Gasteiger partial charge on any atom is 0.147 e. The highest BCUT2D eigenvalue weighted by molar-refractivity contribution is 7.12. The van der Waals surface area contributed by atoms with Crippen LogP contribution in [0.3, 0.4) is 0 Å². The van der Waals surface area contributed by atoms with Crippen LogP contribution in [0.25, 0.3) is 32.2 Å². The fraction of sp³-hybridized carbons (Fsp3) is 0.174. The predicted molar refractivity (Wildman–Crippen MR) is 119 cm³/mol. The molecular formula is C23H21N5S. The summed E-state index contributed by atoms with van der Waals surface area (Å²) < 4.78 is 2.03. The molecule has 0 fully saturated rings. The van der Waals surface area contributed by atoms with E-state index in [1.165, 1.54) is 16.3 Å². The Hall–Kier alpha value is -3.09. The van der Waals surface area contributed by atoms with Crippen molar-refractivity contribution in [3.8, 4) is 10.6 Å². The van der Waals surface area contributed by atoms with Crippen LogP contribution in [-0.2, 0) is 13.0 Å². The summed E-state index contributed by atoms with van der Waals surface area (Å²) >= 11 is 1.54. The topological polar surface area (TPSA) is 69.6 Å². The number of rotatable bonds is 5. The van der Waals surface area contributed by atoms with Crippen molar-refractivity contribution in [3.05, 3.63) is 77.4 Å². The van der Waals surface area contributed by atoms with Gasteiger partial charge in [-0.25, -0.2) is 0 Å². The lowest BCUT2D eigenvalue weighted by Crippen LogP contribution is -2.29. The normalized spacial score (nSPS) is 12.6. The second-order valence-corrected chi connectivity index (χ2v) is 8.22. The molecule has 2 heterocycles. The van der Waals surface area contributed by atoms with Gasteiger partial charge in [-0.15, -0.1) is 10.2 Å². The minimum Gasteiger partial charge on any atom is -0.326 e. The van der Waals surface area contributed by atoms with Crippen LogP contribution in [-0.4, -0.2) is 26.0 Å². The summed E-state index contributed by atoms with van der Waals surface area (Å²) in [5.41, 5.74) is 12.7. The summed E-state index contributed by atoms with van der Waals surface area (Å²) in [5.74, 6) is 0. The Morgan fingerprint density at radius 1 is 1.03 bits per heavy atom. The first kappa shape index (κ1) is 18.0. The van der Waals surface area contributed by atoms with Crippen LogP contribution in [0.1, 0.15) is 11.3 Å². The van der Waals surface area contributed by atoms with E-state index in [0.29, 0.717) is 6.54 Å². The lowest BCUT2D eigenvalue weighted by Gasteiger charge is -2.13. The molecule has 0 radical (unpaired) electrons. The number of hydrogen-bond acceptors (Lipinski definition) is 5. The van der Waals surface area contributed by atoms with Crippen LogP contribution in [0.5, 0.6) is 0 Å². The highest BCUT2D eigenvalue weighted by Gasteiger charge is 2.13. The molecule has 0 aliphatic rings. The summed E-state index contributed by atoms with van der Waals surface area (Å²) in [6, 6.07) is 21.3. The maximum atomic E-state index is 6.51. The third-order valence-corrected chi connectivity index (χ3v) is 6.00. The Bertz CT molecular complexity index is 1290. The van der Waals surface area contributed by atoms with Crippen molar-refractivity contribution >= 4 is 33.0 Å². The Balaban J connectivity index is 1.39. The molecule has 0 aliphatic heterocycles. The van der Waals surface area contributed by atoms with Gasteiger partial charge in [0, 0.05) is 17.0 Å². The number of hydrogen-bond donors (Lipinski definition) is 1. The van der Waals surface area contributed by atoms with Crippen LogP contribution in [0.15, 0.2) is 66.2 Å². The number of fused-ring (bicyclic) bond motifs is 2.